The summed E-state index contributed by atoms with van der Waals surface area (Å²) >= 11 is 1.88. The van der Waals surface area contributed by atoms with Gasteiger partial charge in [0.25, 0.3) is 0 Å². The molecular formula is C43H34N4S. The number of thiophene rings is 1. The van der Waals surface area contributed by atoms with Gasteiger partial charge in [-0.05, 0) is 52.9 Å². The lowest BCUT2D eigenvalue weighted by molar-refractivity contribution is 0.591. The van der Waals surface area contributed by atoms with Crippen LogP contribution in [0.5, 0.6) is 0 Å². The number of aliphatic imine (C=N–C) groups is 2. The molecule has 4 nitrogen and oxygen atoms in total. The van der Waals surface area contributed by atoms with Crippen molar-refractivity contribution < 1.29 is 0 Å². The van der Waals surface area contributed by atoms with Gasteiger partial charge in [0.1, 0.15) is 12.0 Å². The lowest BCUT2D eigenvalue weighted by Crippen LogP contribution is -2.33. The Morgan fingerprint density at radius 1 is 0.646 bits per heavy atom. The first-order valence-electron chi connectivity index (χ1n) is 16.5. The minimum absolute atomic E-state index is 0.0321. The number of nitrogens with one attached hydrogen (secondary N) is 1. The van der Waals surface area contributed by atoms with Crippen molar-refractivity contribution in [2.75, 3.05) is 0 Å². The Hall–Kier alpha value is -5.52. The zero-order valence-electron chi connectivity index (χ0n) is 27.1. The SMILES string of the molecule is CC(C)(C)c1ccc2c3ccc4c5ccccc5sc4c3n(-c3ccc(C4=NC(c5ccccc5)=NC(c5ccccc5)N4)cc3)c2c1. The van der Waals surface area contributed by atoms with Crippen LogP contribution in [0.3, 0.4) is 0 Å². The first-order valence-corrected chi connectivity index (χ1v) is 17.3. The van der Waals surface area contributed by atoms with Crippen LogP contribution in [0.1, 0.15) is 49.2 Å². The Labute approximate surface area is 283 Å². The summed E-state index contributed by atoms with van der Waals surface area (Å²) < 4.78 is 5.10. The molecule has 0 radical (unpaired) electrons. The molecule has 48 heavy (non-hydrogen) atoms. The average Bonchev–Trinajstić information content (AvgIpc) is 3.67. The molecule has 1 N–H and O–H groups in total. The molecule has 0 saturated heterocycles. The van der Waals surface area contributed by atoms with Crippen LogP contribution in [0, 0.1) is 0 Å². The summed E-state index contributed by atoms with van der Waals surface area (Å²) in [5.41, 5.74) is 8.09. The highest BCUT2D eigenvalue weighted by molar-refractivity contribution is 7.26. The van der Waals surface area contributed by atoms with Gasteiger partial charge < -0.3 is 9.88 Å². The van der Waals surface area contributed by atoms with Crippen LogP contribution in [0.4, 0.5) is 0 Å². The van der Waals surface area contributed by atoms with E-state index >= 15 is 0 Å². The van der Waals surface area contributed by atoms with Gasteiger partial charge in [0, 0.05) is 43.1 Å². The maximum atomic E-state index is 5.04. The topological polar surface area (TPSA) is 41.7 Å². The zero-order chi connectivity index (χ0) is 32.4. The predicted octanol–water partition coefficient (Wildman–Crippen LogP) is 10.9. The molecule has 0 aliphatic carbocycles. The van der Waals surface area contributed by atoms with E-state index in [1.54, 1.807) is 0 Å². The van der Waals surface area contributed by atoms with Gasteiger partial charge in [0.05, 0.1) is 15.7 Å². The predicted molar refractivity (Wildman–Crippen MR) is 204 cm³/mol. The Kier molecular flexibility index (Phi) is 6.59. The van der Waals surface area contributed by atoms with E-state index in [4.69, 9.17) is 9.98 Å². The van der Waals surface area contributed by atoms with Gasteiger partial charge >= 0.3 is 0 Å². The van der Waals surface area contributed by atoms with Gasteiger partial charge in [-0.25, -0.2) is 9.98 Å². The quantitative estimate of drug-likeness (QED) is 0.205. The molecule has 1 unspecified atom stereocenters. The molecule has 2 aromatic heterocycles. The fraction of sp³-hybridized carbons (Fsp3) is 0.116. The summed E-state index contributed by atoms with van der Waals surface area (Å²) in [6.45, 7) is 6.86. The van der Waals surface area contributed by atoms with Gasteiger partial charge in [-0.2, -0.15) is 0 Å². The second-order valence-corrected chi connectivity index (χ2v) is 14.6. The van der Waals surface area contributed by atoms with Crippen molar-refractivity contribution >= 4 is 65.0 Å². The summed E-state index contributed by atoms with van der Waals surface area (Å²) in [6.07, 6.45) is -0.233. The van der Waals surface area contributed by atoms with Crippen molar-refractivity contribution in [2.45, 2.75) is 32.4 Å². The van der Waals surface area contributed by atoms with Gasteiger partial charge in [-0.15, -0.1) is 11.3 Å². The largest absolute Gasteiger partial charge is 0.344 e. The van der Waals surface area contributed by atoms with Crippen LogP contribution in [-0.4, -0.2) is 16.2 Å². The Morgan fingerprint density at radius 2 is 1.33 bits per heavy atom. The molecule has 9 rings (SSSR count). The Morgan fingerprint density at radius 3 is 2.10 bits per heavy atom. The van der Waals surface area contributed by atoms with Crippen LogP contribution < -0.4 is 5.32 Å². The molecule has 0 amide bonds. The summed E-state index contributed by atoms with van der Waals surface area (Å²) in [7, 11) is 0. The number of nitrogens with zero attached hydrogens (tertiary/aromatic N) is 3. The third-order valence-corrected chi connectivity index (χ3v) is 10.6. The van der Waals surface area contributed by atoms with Gasteiger partial charge in [-0.3, -0.25) is 0 Å². The highest BCUT2D eigenvalue weighted by Crippen LogP contribution is 2.43. The van der Waals surface area contributed by atoms with E-state index in [2.05, 4.69) is 146 Å². The lowest BCUT2D eigenvalue weighted by atomic mass is 9.86. The average molecular weight is 639 g/mol. The van der Waals surface area contributed by atoms with Gasteiger partial charge in [-0.1, -0.05) is 124 Å². The lowest BCUT2D eigenvalue weighted by Gasteiger charge is -2.24. The van der Waals surface area contributed by atoms with E-state index in [1.807, 2.05) is 35.6 Å². The second kappa shape index (κ2) is 11.0. The Balaban J connectivity index is 1.22. The van der Waals surface area contributed by atoms with Crippen molar-refractivity contribution in [3.8, 4) is 5.69 Å². The van der Waals surface area contributed by atoms with Crippen molar-refractivity contribution in [1.29, 1.82) is 0 Å². The van der Waals surface area contributed by atoms with E-state index < -0.39 is 0 Å². The molecule has 1 aliphatic rings. The summed E-state index contributed by atoms with van der Waals surface area (Å²) in [4.78, 5) is 10.1. The summed E-state index contributed by atoms with van der Waals surface area (Å²) in [5, 5.41) is 8.79. The fourth-order valence-electron chi connectivity index (χ4n) is 6.90. The zero-order valence-corrected chi connectivity index (χ0v) is 27.9. The van der Waals surface area contributed by atoms with E-state index in [1.165, 1.54) is 47.5 Å². The number of hydrogen-bond acceptors (Lipinski definition) is 4. The minimum atomic E-state index is -0.233. The third kappa shape index (κ3) is 4.73. The van der Waals surface area contributed by atoms with Crippen molar-refractivity contribution in [3.63, 3.8) is 0 Å². The fourth-order valence-corrected chi connectivity index (χ4v) is 8.14. The first-order chi connectivity index (χ1) is 23.4. The van der Waals surface area contributed by atoms with Crippen LogP contribution in [0.15, 0.2) is 150 Å². The van der Waals surface area contributed by atoms with Crippen LogP contribution >= 0.6 is 11.3 Å². The van der Waals surface area contributed by atoms with Gasteiger partial charge in [0.15, 0.2) is 5.84 Å². The molecule has 232 valence electrons. The number of hydrogen-bond donors (Lipinski definition) is 1. The second-order valence-electron chi connectivity index (χ2n) is 13.5. The summed E-state index contributed by atoms with van der Waals surface area (Å²) in [6, 6.07) is 49.8. The molecule has 0 saturated carbocycles. The molecule has 0 fully saturated rings. The molecule has 0 bridgehead atoms. The number of rotatable bonds is 4. The number of benzene rings is 6. The van der Waals surface area contributed by atoms with E-state index in [0.29, 0.717) is 0 Å². The maximum absolute atomic E-state index is 5.04. The molecule has 8 aromatic rings. The molecule has 1 aliphatic heterocycles. The normalized spacial score (nSPS) is 15.2. The highest BCUT2D eigenvalue weighted by Gasteiger charge is 2.23. The van der Waals surface area contributed by atoms with Crippen molar-refractivity contribution in [3.05, 3.63) is 162 Å². The van der Waals surface area contributed by atoms with Crippen molar-refractivity contribution in [1.82, 2.24) is 9.88 Å². The van der Waals surface area contributed by atoms with Crippen LogP contribution in [0.2, 0.25) is 0 Å². The molecule has 0 spiro atoms. The standard InChI is InChI=1S/C43H34N4S/c1-43(2,3)30-20-23-32-34-24-25-35-33-16-10-11-17-37(33)48-39(35)38(34)47(36(32)26-30)31-21-18-29(19-22-31)42-45-40(27-12-6-4-7-13-27)44-41(46-42)28-14-8-5-9-15-28/h4-26,40H,1-3H3,(H,44,45,46). The van der Waals surface area contributed by atoms with E-state index in [9.17, 15) is 0 Å². The van der Waals surface area contributed by atoms with Gasteiger partial charge in [0.2, 0.25) is 0 Å². The van der Waals surface area contributed by atoms with Crippen molar-refractivity contribution in [2.24, 2.45) is 9.98 Å². The maximum Gasteiger partial charge on any atom is 0.159 e. The smallest absolute Gasteiger partial charge is 0.159 e. The highest BCUT2D eigenvalue weighted by atomic mass is 32.1. The molecule has 6 aromatic carbocycles. The number of amidine groups is 2. The molecule has 3 heterocycles. The molecule has 1 atom stereocenters. The van der Waals surface area contributed by atoms with Crippen LogP contribution in [0.25, 0.3) is 47.7 Å². The number of aromatic nitrogens is 1. The monoisotopic (exact) mass is 638 g/mol. The Bertz CT molecular complexity index is 2550. The third-order valence-electron chi connectivity index (χ3n) is 9.43. The number of fused-ring (bicyclic) bond motifs is 7. The van der Waals surface area contributed by atoms with E-state index in [-0.39, 0.29) is 11.6 Å². The molecule has 5 heteroatoms. The summed E-state index contributed by atoms with van der Waals surface area (Å²) in [5.74, 6) is 1.54. The first kappa shape index (κ1) is 28.7. The van der Waals surface area contributed by atoms with E-state index in [0.717, 1.165) is 34.0 Å². The molecular weight excluding hydrogens is 605 g/mol. The minimum Gasteiger partial charge on any atom is -0.344 e. The van der Waals surface area contributed by atoms with Crippen LogP contribution in [-0.2, 0) is 5.41 Å².